The Morgan fingerprint density at radius 3 is 2.67 bits per heavy atom. The average Bonchev–Trinajstić information content (AvgIpc) is 1.91. The lowest BCUT2D eigenvalue weighted by Crippen LogP contribution is -2.46. The maximum atomic E-state index is 5.10. The van der Waals surface area contributed by atoms with E-state index in [4.69, 9.17) is 4.74 Å². The molecule has 1 rings (SSSR count). The molecule has 51 valence electrons. The van der Waals surface area contributed by atoms with Gasteiger partial charge in [-0.25, -0.2) is 0 Å². The van der Waals surface area contributed by atoms with Gasteiger partial charge < -0.3 is 4.74 Å². The normalized spacial score (nSPS) is 21.3. The first-order valence-corrected chi connectivity index (χ1v) is 2.97. The van der Waals surface area contributed by atoms with Gasteiger partial charge in [-0.3, -0.25) is 0 Å². The van der Waals surface area contributed by atoms with Crippen LogP contribution >= 0.6 is 0 Å². The summed E-state index contributed by atoms with van der Waals surface area (Å²) in [4.78, 5) is 0. The van der Waals surface area contributed by atoms with Gasteiger partial charge in [-0.2, -0.15) is 5.01 Å². The third-order valence-electron chi connectivity index (χ3n) is 1.22. The molecule has 0 atom stereocenters. The quantitative estimate of drug-likeness (QED) is 0.375. The number of nitrogens with one attached hydrogen (secondary N) is 1. The Morgan fingerprint density at radius 2 is 2.11 bits per heavy atom. The lowest BCUT2D eigenvalue weighted by molar-refractivity contribution is 0.00841. The van der Waals surface area contributed by atoms with E-state index in [1.165, 1.54) is 0 Å². The molecule has 0 aromatic heterocycles. The lowest BCUT2D eigenvalue weighted by Gasteiger charge is -2.20. The van der Waals surface area contributed by atoms with Gasteiger partial charge in [0.1, 0.15) is 0 Å². The number of nitrogens with zero attached hydrogens (tertiary/aromatic N) is 2. The van der Waals surface area contributed by atoms with Gasteiger partial charge in [0.25, 0.3) is 0 Å². The van der Waals surface area contributed by atoms with Crippen LogP contribution in [0.3, 0.4) is 0 Å². The molecule has 4 nitrogen and oxygen atoms in total. The summed E-state index contributed by atoms with van der Waals surface area (Å²) in [6.45, 7) is 6.65. The minimum Gasteiger partial charge on any atom is -0.379 e. The van der Waals surface area contributed by atoms with Crippen molar-refractivity contribution in [3.05, 3.63) is 0 Å². The number of hydrogen-bond donors (Lipinski definition) is 1. The molecule has 0 amide bonds. The molecule has 1 radical (unpaired) electrons. The zero-order valence-electron chi connectivity index (χ0n) is 5.34. The molecule has 1 fully saturated rings. The van der Waals surface area contributed by atoms with Crippen molar-refractivity contribution in [3.63, 3.8) is 0 Å². The Kier molecular flexibility index (Phi) is 2.48. The van der Waals surface area contributed by atoms with Crippen LogP contribution in [0.1, 0.15) is 0 Å². The molecule has 4 heteroatoms. The zero-order valence-corrected chi connectivity index (χ0v) is 5.34. The summed E-state index contributed by atoms with van der Waals surface area (Å²) in [5.41, 5.74) is 2.75. The van der Waals surface area contributed by atoms with Crippen molar-refractivity contribution < 1.29 is 4.74 Å². The van der Waals surface area contributed by atoms with Crippen LogP contribution in [-0.2, 0) is 4.74 Å². The third-order valence-corrected chi connectivity index (χ3v) is 1.22. The molecule has 1 aliphatic rings. The standard InChI is InChI=1S/C5H11N3O/c1-6-7-8-2-4-9-5-3-8/h7H,1-5H2/q+1. The fraction of sp³-hybridized carbons (Fsp3) is 0.800. The molecule has 9 heavy (non-hydrogen) atoms. The van der Waals surface area contributed by atoms with Crippen LogP contribution in [0, 0.1) is 0 Å². The molecule has 1 aliphatic heterocycles. The van der Waals surface area contributed by atoms with Gasteiger partial charge in [-0.05, 0) is 0 Å². The second kappa shape index (κ2) is 3.42. The van der Waals surface area contributed by atoms with Gasteiger partial charge in [0, 0.05) is 13.1 Å². The summed E-state index contributed by atoms with van der Waals surface area (Å²) >= 11 is 0. The predicted octanol–water partition coefficient (Wildman–Crippen LogP) is -1.23. The fourth-order valence-electron chi connectivity index (χ4n) is 0.763. The zero-order chi connectivity index (χ0) is 6.53. The topological polar surface area (TPSA) is 38.6 Å². The molecular formula is C5H11N3O+. The summed E-state index contributed by atoms with van der Waals surface area (Å²) in [6, 6.07) is 0. The minimum atomic E-state index is 0.780. The van der Waals surface area contributed by atoms with Gasteiger partial charge >= 0.3 is 0 Å². The average molecular weight is 129 g/mol. The summed E-state index contributed by atoms with van der Waals surface area (Å²) in [6.07, 6.45) is 0. The Morgan fingerprint density at radius 1 is 1.44 bits per heavy atom. The van der Waals surface area contributed by atoms with E-state index in [-0.39, 0.29) is 0 Å². The Hall–Kier alpha value is -0.610. The third kappa shape index (κ3) is 1.99. The highest BCUT2D eigenvalue weighted by Crippen LogP contribution is 1.89. The highest BCUT2D eigenvalue weighted by atomic mass is 16.5. The minimum absolute atomic E-state index is 0.780. The molecule has 0 aromatic rings. The smallest absolute Gasteiger partial charge is 0.241 e. The van der Waals surface area contributed by atoms with Crippen molar-refractivity contribution in [2.24, 2.45) is 0 Å². The first-order chi connectivity index (χ1) is 4.43. The van der Waals surface area contributed by atoms with Crippen LogP contribution in [0.25, 0.3) is 0 Å². The highest BCUT2D eigenvalue weighted by molar-refractivity contribution is 5.19. The monoisotopic (exact) mass is 129 g/mol. The molecule has 1 heterocycles. The van der Waals surface area contributed by atoms with Crippen molar-refractivity contribution in [1.29, 1.82) is 0 Å². The summed E-state index contributed by atoms with van der Waals surface area (Å²) in [7, 11) is 0. The lowest BCUT2D eigenvalue weighted by atomic mass is 10.5. The number of morpholine rings is 1. The van der Waals surface area contributed by atoms with E-state index in [1.54, 1.807) is 0 Å². The fourth-order valence-corrected chi connectivity index (χ4v) is 0.763. The number of hydrogen-bond acceptors (Lipinski definition) is 4. The largest absolute Gasteiger partial charge is 0.379 e. The number of hydrazine groups is 1. The molecule has 0 bridgehead atoms. The van der Waals surface area contributed by atoms with Crippen molar-refractivity contribution >= 4 is 6.72 Å². The second-order valence-electron chi connectivity index (χ2n) is 1.86. The molecule has 0 saturated carbocycles. The van der Waals surface area contributed by atoms with E-state index in [1.807, 2.05) is 5.01 Å². The van der Waals surface area contributed by atoms with Crippen molar-refractivity contribution in [3.8, 4) is 0 Å². The van der Waals surface area contributed by atoms with E-state index >= 15 is 0 Å². The Balaban J connectivity index is 2.15. The van der Waals surface area contributed by atoms with Gasteiger partial charge in [0.2, 0.25) is 6.72 Å². The van der Waals surface area contributed by atoms with Crippen LogP contribution < -0.4 is 10.6 Å². The summed E-state index contributed by atoms with van der Waals surface area (Å²) in [5, 5.41) is 5.50. The van der Waals surface area contributed by atoms with Crippen LogP contribution in [0.4, 0.5) is 0 Å². The van der Waals surface area contributed by atoms with E-state index in [2.05, 4.69) is 17.4 Å². The van der Waals surface area contributed by atoms with Crippen molar-refractivity contribution in [1.82, 2.24) is 15.6 Å². The molecule has 0 aliphatic carbocycles. The Bertz CT molecular complexity index is 90.2. The van der Waals surface area contributed by atoms with Crippen LogP contribution in [0.5, 0.6) is 0 Å². The Labute approximate surface area is 54.5 Å². The SMILES string of the molecule is C=[N+]NN1CCOCC1. The van der Waals surface area contributed by atoms with Crippen LogP contribution in [-0.4, -0.2) is 38.0 Å². The second-order valence-corrected chi connectivity index (χ2v) is 1.86. The first kappa shape index (κ1) is 6.51. The van der Waals surface area contributed by atoms with Crippen LogP contribution in [0.15, 0.2) is 0 Å². The first-order valence-electron chi connectivity index (χ1n) is 2.97. The molecule has 1 saturated heterocycles. The van der Waals surface area contributed by atoms with Gasteiger partial charge in [-0.15, -0.1) is 0 Å². The van der Waals surface area contributed by atoms with E-state index < -0.39 is 0 Å². The maximum Gasteiger partial charge on any atom is 0.241 e. The molecule has 0 spiro atoms. The summed E-state index contributed by atoms with van der Waals surface area (Å²) < 4.78 is 5.10. The van der Waals surface area contributed by atoms with Gasteiger partial charge in [0.05, 0.1) is 13.2 Å². The molecule has 0 unspecified atom stereocenters. The van der Waals surface area contributed by atoms with E-state index in [0.717, 1.165) is 26.3 Å². The van der Waals surface area contributed by atoms with Crippen molar-refractivity contribution in [2.45, 2.75) is 0 Å². The van der Waals surface area contributed by atoms with E-state index in [0.29, 0.717) is 0 Å². The summed E-state index contributed by atoms with van der Waals surface area (Å²) in [5.74, 6) is 0. The van der Waals surface area contributed by atoms with Crippen molar-refractivity contribution in [2.75, 3.05) is 26.3 Å². The molecule has 0 aromatic carbocycles. The van der Waals surface area contributed by atoms with Crippen LogP contribution in [0.2, 0.25) is 0 Å². The molecule has 1 N–H and O–H groups in total. The van der Waals surface area contributed by atoms with Gasteiger partial charge in [0.15, 0.2) is 5.10 Å². The highest BCUT2D eigenvalue weighted by Gasteiger charge is 2.10. The predicted molar refractivity (Wildman–Crippen MR) is 34.8 cm³/mol. The van der Waals surface area contributed by atoms with Gasteiger partial charge in [-0.1, -0.05) is 5.53 Å². The van der Waals surface area contributed by atoms with E-state index in [9.17, 15) is 0 Å². The maximum absolute atomic E-state index is 5.10. The number of hydrazone groups is 1. The number of ether oxygens (including phenoxy) is 1. The number of rotatable bonds is 2. The molecular weight excluding hydrogens is 118 g/mol.